The Hall–Kier alpha value is -0.310. The van der Waals surface area contributed by atoms with Gasteiger partial charge in [-0.3, -0.25) is 4.90 Å². The van der Waals surface area contributed by atoms with E-state index in [2.05, 4.69) is 0 Å². The Bertz CT molecular complexity index is 366. The van der Waals surface area contributed by atoms with Gasteiger partial charge < -0.3 is 0 Å². The summed E-state index contributed by atoms with van der Waals surface area (Å²) in [7, 11) is 1.92. The van der Waals surface area contributed by atoms with E-state index in [4.69, 9.17) is 23.2 Å². The van der Waals surface area contributed by atoms with Gasteiger partial charge in [0, 0.05) is 23.5 Å². The van der Waals surface area contributed by atoms with E-state index in [1.807, 2.05) is 25.8 Å². The SMILES string of the molecule is CN(Cc1cccc(Cl)c1F)C(C)(C)CCl. The molecule has 4 heteroatoms. The van der Waals surface area contributed by atoms with Crippen molar-refractivity contribution in [2.24, 2.45) is 0 Å². The summed E-state index contributed by atoms with van der Waals surface area (Å²) < 4.78 is 13.7. The molecule has 0 N–H and O–H groups in total. The summed E-state index contributed by atoms with van der Waals surface area (Å²) >= 11 is 11.6. The summed E-state index contributed by atoms with van der Waals surface area (Å²) in [5.74, 6) is 0.146. The van der Waals surface area contributed by atoms with E-state index >= 15 is 0 Å². The van der Waals surface area contributed by atoms with Crippen molar-refractivity contribution >= 4 is 23.2 Å². The van der Waals surface area contributed by atoms with E-state index < -0.39 is 0 Å². The Labute approximate surface area is 106 Å². The lowest BCUT2D eigenvalue weighted by Gasteiger charge is -2.33. The Kier molecular flexibility index (Phi) is 4.60. The highest BCUT2D eigenvalue weighted by molar-refractivity contribution is 6.30. The van der Waals surface area contributed by atoms with Gasteiger partial charge in [0.25, 0.3) is 0 Å². The molecule has 0 aliphatic heterocycles. The molecule has 0 radical (unpaired) electrons. The molecule has 16 heavy (non-hydrogen) atoms. The van der Waals surface area contributed by atoms with Crippen LogP contribution in [-0.2, 0) is 6.54 Å². The minimum absolute atomic E-state index is 0.162. The van der Waals surface area contributed by atoms with Crippen molar-refractivity contribution in [2.45, 2.75) is 25.9 Å². The van der Waals surface area contributed by atoms with Crippen molar-refractivity contribution in [3.8, 4) is 0 Å². The molecule has 0 atom stereocenters. The fourth-order valence-electron chi connectivity index (χ4n) is 1.24. The van der Waals surface area contributed by atoms with Crippen LogP contribution in [0.15, 0.2) is 18.2 Å². The van der Waals surface area contributed by atoms with E-state index in [0.717, 1.165) is 0 Å². The molecule has 1 nitrogen and oxygen atoms in total. The summed E-state index contributed by atoms with van der Waals surface area (Å²) in [6, 6.07) is 5.04. The van der Waals surface area contributed by atoms with Crippen LogP contribution in [0.4, 0.5) is 4.39 Å². The lowest BCUT2D eigenvalue weighted by atomic mass is 10.1. The van der Waals surface area contributed by atoms with Crippen LogP contribution in [0.2, 0.25) is 5.02 Å². The van der Waals surface area contributed by atoms with Crippen molar-refractivity contribution in [1.29, 1.82) is 0 Å². The predicted octanol–water partition coefficient (Wildman–Crippen LogP) is 3.93. The first-order valence-electron chi connectivity index (χ1n) is 5.08. The van der Waals surface area contributed by atoms with Gasteiger partial charge in [-0.1, -0.05) is 23.7 Å². The summed E-state index contributed by atoms with van der Waals surface area (Å²) in [5, 5.41) is 0.162. The quantitative estimate of drug-likeness (QED) is 0.745. The molecule has 1 aromatic rings. The molecular formula is C12H16Cl2FN. The Morgan fingerprint density at radius 2 is 2.00 bits per heavy atom. The first-order valence-corrected chi connectivity index (χ1v) is 6.00. The van der Waals surface area contributed by atoms with Gasteiger partial charge in [-0.2, -0.15) is 0 Å². The highest BCUT2D eigenvalue weighted by atomic mass is 35.5. The van der Waals surface area contributed by atoms with Crippen molar-refractivity contribution in [1.82, 2.24) is 4.90 Å². The van der Waals surface area contributed by atoms with Gasteiger partial charge in [0.05, 0.1) is 5.02 Å². The van der Waals surface area contributed by atoms with Gasteiger partial charge in [0.15, 0.2) is 0 Å². The molecule has 0 bridgehead atoms. The topological polar surface area (TPSA) is 3.24 Å². The molecule has 0 saturated heterocycles. The molecule has 0 unspecified atom stereocenters. The molecule has 90 valence electrons. The van der Waals surface area contributed by atoms with Gasteiger partial charge in [0.1, 0.15) is 5.82 Å². The molecule has 0 amide bonds. The first-order chi connectivity index (χ1) is 7.38. The summed E-state index contributed by atoms with van der Waals surface area (Å²) in [4.78, 5) is 2.01. The zero-order valence-corrected chi connectivity index (χ0v) is 11.2. The minimum atomic E-state index is -0.346. The Morgan fingerprint density at radius 3 is 2.56 bits per heavy atom. The number of benzene rings is 1. The number of rotatable bonds is 4. The molecule has 1 rings (SSSR count). The van der Waals surface area contributed by atoms with Gasteiger partial charge >= 0.3 is 0 Å². The smallest absolute Gasteiger partial charge is 0.146 e. The highest BCUT2D eigenvalue weighted by Gasteiger charge is 2.23. The van der Waals surface area contributed by atoms with E-state index in [9.17, 15) is 4.39 Å². The molecule has 1 aromatic carbocycles. The monoisotopic (exact) mass is 263 g/mol. The van der Waals surface area contributed by atoms with Crippen molar-refractivity contribution in [3.63, 3.8) is 0 Å². The number of hydrogen-bond acceptors (Lipinski definition) is 1. The number of halogens is 3. The van der Waals surface area contributed by atoms with E-state index in [-0.39, 0.29) is 16.4 Å². The summed E-state index contributed by atoms with van der Waals surface area (Å²) in [6.07, 6.45) is 0. The largest absolute Gasteiger partial charge is 0.296 e. The van der Waals surface area contributed by atoms with Crippen LogP contribution in [0.5, 0.6) is 0 Å². The average molecular weight is 264 g/mol. The van der Waals surface area contributed by atoms with Crippen molar-refractivity contribution in [2.75, 3.05) is 12.9 Å². The summed E-state index contributed by atoms with van der Waals surface area (Å²) in [6.45, 7) is 4.52. The van der Waals surface area contributed by atoms with Crippen LogP contribution in [-0.4, -0.2) is 23.4 Å². The lowest BCUT2D eigenvalue weighted by molar-refractivity contribution is 0.169. The fraction of sp³-hybridized carbons (Fsp3) is 0.500. The minimum Gasteiger partial charge on any atom is -0.296 e. The normalized spacial score (nSPS) is 12.2. The number of alkyl halides is 1. The zero-order chi connectivity index (χ0) is 12.3. The third kappa shape index (κ3) is 3.09. The van der Waals surface area contributed by atoms with Crippen LogP contribution in [0.25, 0.3) is 0 Å². The van der Waals surface area contributed by atoms with Crippen molar-refractivity contribution < 1.29 is 4.39 Å². The number of nitrogens with zero attached hydrogens (tertiary/aromatic N) is 1. The van der Waals surface area contributed by atoms with Crippen LogP contribution in [0, 0.1) is 5.82 Å². The van der Waals surface area contributed by atoms with Crippen LogP contribution in [0.1, 0.15) is 19.4 Å². The predicted molar refractivity (Wildman–Crippen MR) is 67.7 cm³/mol. The molecule has 0 aromatic heterocycles. The summed E-state index contributed by atoms with van der Waals surface area (Å²) in [5.41, 5.74) is 0.421. The molecule has 0 heterocycles. The Balaban J connectivity index is 2.85. The maximum absolute atomic E-state index is 13.7. The van der Waals surface area contributed by atoms with Gasteiger partial charge in [-0.25, -0.2) is 4.39 Å². The molecule has 0 aliphatic carbocycles. The maximum Gasteiger partial charge on any atom is 0.146 e. The third-order valence-corrected chi connectivity index (χ3v) is 3.75. The molecule has 0 saturated carbocycles. The van der Waals surface area contributed by atoms with Gasteiger partial charge in [-0.15, -0.1) is 11.6 Å². The van der Waals surface area contributed by atoms with Crippen LogP contribution >= 0.6 is 23.2 Å². The van der Waals surface area contributed by atoms with Gasteiger partial charge in [-0.05, 0) is 27.0 Å². The standard InChI is InChI=1S/C12H16Cl2FN/c1-12(2,8-13)16(3)7-9-5-4-6-10(14)11(9)15/h4-6H,7-8H2,1-3H3. The van der Waals surface area contributed by atoms with Gasteiger partial charge in [0.2, 0.25) is 0 Å². The first kappa shape index (κ1) is 13.8. The van der Waals surface area contributed by atoms with Crippen molar-refractivity contribution in [3.05, 3.63) is 34.6 Å². The fourth-order valence-corrected chi connectivity index (χ4v) is 1.64. The lowest BCUT2D eigenvalue weighted by Crippen LogP contribution is -2.42. The molecule has 0 aliphatic rings. The maximum atomic E-state index is 13.7. The third-order valence-electron chi connectivity index (χ3n) is 2.80. The average Bonchev–Trinajstić information content (AvgIpc) is 2.24. The highest BCUT2D eigenvalue weighted by Crippen LogP contribution is 2.22. The van der Waals surface area contributed by atoms with Crippen LogP contribution < -0.4 is 0 Å². The second-order valence-electron chi connectivity index (χ2n) is 4.52. The second-order valence-corrected chi connectivity index (χ2v) is 5.19. The molecule has 0 spiro atoms. The molecular weight excluding hydrogens is 248 g/mol. The van der Waals surface area contributed by atoms with E-state index in [1.54, 1.807) is 18.2 Å². The molecule has 0 fully saturated rings. The zero-order valence-electron chi connectivity index (χ0n) is 9.73. The Morgan fingerprint density at radius 1 is 1.38 bits per heavy atom. The number of hydrogen-bond donors (Lipinski definition) is 0. The van der Waals surface area contributed by atoms with E-state index in [1.165, 1.54) is 0 Å². The second kappa shape index (κ2) is 5.35. The van der Waals surface area contributed by atoms with Crippen LogP contribution in [0.3, 0.4) is 0 Å². The van der Waals surface area contributed by atoms with E-state index in [0.29, 0.717) is 18.0 Å².